The molecule has 0 aliphatic carbocycles. The van der Waals surface area contributed by atoms with Crippen LogP contribution >= 0.6 is 11.6 Å². The molecular formula is C10H10ClNO. The Hall–Kier alpha value is -0.990. The Morgan fingerprint density at radius 3 is 2.77 bits per heavy atom. The van der Waals surface area contributed by atoms with Crippen LogP contribution in [0, 0.1) is 0 Å². The molecule has 13 heavy (non-hydrogen) atoms. The lowest BCUT2D eigenvalue weighted by molar-refractivity contribution is 0.201. The van der Waals surface area contributed by atoms with Gasteiger partial charge in [-0.05, 0) is 13.0 Å². The van der Waals surface area contributed by atoms with Crippen LogP contribution in [0.1, 0.15) is 18.6 Å². The largest absolute Gasteiger partial charge is 0.389 e. The van der Waals surface area contributed by atoms with Crippen molar-refractivity contribution in [3.8, 4) is 0 Å². The summed E-state index contributed by atoms with van der Waals surface area (Å²) in [7, 11) is 0. The fourth-order valence-electron chi connectivity index (χ4n) is 1.54. The van der Waals surface area contributed by atoms with Gasteiger partial charge in [-0.15, -0.1) is 0 Å². The lowest BCUT2D eigenvalue weighted by Gasteiger charge is -2.01. The van der Waals surface area contributed by atoms with E-state index in [0.29, 0.717) is 5.15 Å². The molecular weight excluding hydrogens is 186 g/mol. The van der Waals surface area contributed by atoms with E-state index >= 15 is 0 Å². The average molecular weight is 196 g/mol. The van der Waals surface area contributed by atoms with Crippen LogP contribution in [0.4, 0.5) is 0 Å². The Balaban J connectivity index is 2.78. The molecule has 68 valence electrons. The third-order valence-corrected chi connectivity index (χ3v) is 2.41. The maximum atomic E-state index is 9.49. The van der Waals surface area contributed by atoms with Crippen LogP contribution < -0.4 is 0 Å². The van der Waals surface area contributed by atoms with E-state index in [1.807, 2.05) is 24.3 Å². The quantitative estimate of drug-likeness (QED) is 0.721. The highest BCUT2D eigenvalue weighted by atomic mass is 35.5. The number of aromatic amines is 1. The molecule has 0 spiro atoms. The fraction of sp³-hybridized carbons (Fsp3) is 0.200. The molecule has 0 saturated heterocycles. The van der Waals surface area contributed by atoms with E-state index in [9.17, 15) is 5.11 Å². The van der Waals surface area contributed by atoms with Gasteiger partial charge < -0.3 is 10.1 Å². The summed E-state index contributed by atoms with van der Waals surface area (Å²) in [5, 5.41) is 11.0. The van der Waals surface area contributed by atoms with Crippen molar-refractivity contribution in [3.05, 3.63) is 35.0 Å². The van der Waals surface area contributed by atoms with Gasteiger partial charge in [-0.2, -0.15) is 0 Å². The van der Waals surface area contributed by atoms with Crippen molar-refractivity contribution in [3.63, 3.8) is 0 Å². The van der Waals surface area contributed by atoms with Crippen LogP contribution in [0.25, 0.3) is 10.9 Å². The number of aliphatic hydroxyl groups is 1. The molecule has 0 bridgehead atoms. The van der Waals surface area contributed by atoms with Crippen LogP contribution in [0.2, 0.25) is 5.15 Å². The summed E-state index contributed by atoms with van der Waals surface area (Å²) in [6, 6.07) is 7.74. The lowest BCUT2D eigenvalue weighted by Crippen LogP contribution is -1.89. The minimum absolute atomic E-state index is 0.524. The Kier molecular flexibility index (Phi) is 2.02. The summed E-state index contributed by atoms with van der Waals surface area (Å²) in [6.45, 7) is 1.71. The van der Waals surface area contributed by atoms with Gasteiger partial charge in [0.1, 0.15) is 5.15 Å². The second kappa shape index (κ2) is 3.05. The summed E-state index contributed by atoms with van der Waals surface area (Å²) in [4.78, 5) is 3.01. The minimum Gasteiger partial charge on any atom is -0.389 e. The van der Waals surface area contributed by atoms with Crippen LogP contribution in [0.3, 0.4) is 0 Å². The highest BCUT2D eigenvalue weighted by molar-refractivity contribution is 6.31. The summed E-state index contributed by atoms with van der Waals surface area (Å²) in [6.07, 6.45) is -0.538. The number of hydrogen-bond donors (Lipinski definition) is 2. The molecule has 2 rings (SSSR count). The van der Waals surface area contributed by atoms with Gasteiger partial charge in [0, 0.05) is 16.5 Å². The van der Waals surface area contributed by atoms with Crippen molar-refractivity contribution < 1.29 is 5.11 Å². The molecule has 1 heterocycles. The summed E-state index contributed by atoms with van der Waals surface area (Å²) < 4.78 is 0. The Bertz CT molecular complexity index is 433. The molecule has 1 aromatic carbocycles. The number of rotatable bonds is 1. The molecule has 2 N–H and O–H groups in total. The molecule has 1 atom stereocenters. The lowest BCUT2D eigenvalue weighted by atomic mass is 10.1. The monoisotopic (exact) mass is 195 g/mol. The van der Waals surface area contributed by atoms with E-state index in [1.165, 1.54) is 0 Å². The maximum absolute atomic E-state index is 9.49. The van der Waals surface area contributed by atoms with Gasteiger partial charge >= 0.3 is 0 Å². The predicted octanol–water partition coefficient (Wildman–Crippen LogP) is 2.87. The number of aliphatic hydroxyl groups excluding tert-OH is 1. The zero-order valence-electron chi connectivity index (χ0n) is 7.21. The number of halogens is 1. The normalized spacial score (nSPS) is 13.5. The standard InChI is InChI=1S/C10H10ClNO/c1-6(13)9-7-4-2-3-5-8(7)12-10(9)11/h2-6,12-13H,1H3. The number of hydrogen-bond acceptors (Lipinski definition) is 1. The third kappa shape index (κ3) is 1.32. The molecule has 2 aromatic rings. The first-order valence-corrected chi connectivity index (χ1v) is 4.52. The molecule has 0 radical (unpaired) electrons. The Morgan fingerprint density at radius 1 is 1.38 bits per heavy atom. The van der Waals surface area contributed by atoms with Gasteiger partial charge in [0.25, 0.3) is 0 Å². The van der Waals surface area contributed by atoms with Crippen LogP contribution in [-0.2, 0) is 0 Å². The zero-order chi connectivity index (χ0) is 9.42. The van der Waals surface area contributed by atoms with Crippen LogP contribution in [0.5, 0.6) is 0 Å². The highest BCUT2D eigenvalue weighted by Crippen LogP contribution is 2.30. The number of H-pyrrole nitrogens is 1. The van der Waals surface area contributed by atoms with Gasteiger partial charge in [0.2, 0.25) is 0 Å². The Labute approximate surface area is 81.1 Å². The smallest absolute Gasteiger partial charge is 0.113 e. The van der Waals surface area contributed by atoms with Gasteiger partial charge in [-0.1, -0.05) is 29.8 Å². The number of nitrogens with one attached hydrogen (secondary N) is 1. The molecule has 3 heteroatoms. The summed E-state index contributed by atoms with van der Waals surface area (Å²) >= 11 is 5.95. The van der Waals surface area contributed by atoms with Crippen molar-refractivity contribution >= 4 is 22.5 Å². The average Bonchev–Trinajstić information content (AvgIpc) is 2.39. The van der Waals surface area contributed by atoms with Gasteiger partial charge in [-0.3, -0.25) is 0 Å². The van der Waals surface area contributed by atoms with Gasteiger partial charge in [0.05, 0.1) is 6.10 Å². The summed E-state index contributed by atoms with van der Waals surface area (Å²) in [5.74, 6) is 0. The molecule has 0 fully saturated rings. The van der Waals surface area contributed by atoms with Crippen molar-refractivity contribution in [2.45, 2.75) is 13.0 Å². The molecule has 1 unspecified atom stereocenters. The van der Waals surface area contributed by atoms with E-state index in [2.05, 4.69) is 4.98 Å². The van der Waals surface area contributed by atoms with E-state index < -0.39 is 6.10 Å². The number of para-hydroxylation sites is 1. The molecule has 0 saturated carbocycles. The maximum Gasteiger partial charge on any atom is 0.113 e. The van der Waals surface area contributed by atoms with Crippen LogP contribution in [0.15, 0.2) is 24.3 Å². The van der Waals surface area contributed by atoms with Crippen molar-refractivity contribution in [1.29, 1.82) is 0 Å². The topological polar surface area (TPSA) is 36.0 Å². The number of fused-ring (bicyclic) bond motifs is 1. The first-order valence-electron chi connectivity index (χ1n) is 4.14. The van der Waals surface area contributed by atoms with E-state index in [4.69, 9.17) is 11.6 Å². The molecule has 0 aliphatic heterocycles. The number of benzene rings is 1. The van der Waals surface area contributed by atoms with E-state index in [-0.39, 0.29) is 0 Å². The van der Waals surface area contributed by atoms with E-state index in [1.54, 1.807) is 6.92 Å². The molecule has 0 aliphatic rings. The molecule has 1 aromatic heterocycles. The first kappa shape index (κ1) is 8.60. The fourth-order valence-corrected chi connectivity index (χ4v) is 1.90. The van der Waals surface area contributed by atoms with Gasteiger partial charge in [-0.25, -0.2) is 0 Å². The van der Waals surface area contributed by atoms with Crippen molar-refractivity contribution in [1.82, 2.24) is 4.98 Å². The first-order chi connectivity index (χ1) is 6.20. The SMILES string of the molecule is CC(O)c1c(Cl)[nH]c2ccccc12. The summed E-state index contributed by atoms with van der Waals surface area (Å²) in [5.41, 5.74) is 1.74. The third-order valence-electron chi connectivity index (χ3n) is 2.12. The van der Waals surface area contributed by atoms with Crippen molar-refractivity contribution in [2.24, 2.45) is 0 Å². The highest BCUT2D eigenvalue weighted by Gasteiger charge is 2.12. The Morgan fingerprint density at radius 2 is 2.08 bits per heavy atom. The molecule has 0 amide bonds. The van der Waals surface area contributed by atoms with Crippen molar-refractivity contribution in [2.75, 3.05) is 0 Å². The van der Waals surface area contributed by atoms with Gasteiger partial charge in [0.15, 0.2) is 0 Å². The van der Waals surface area contributed by atoms with Crippen LogP contribution in [-0.4, -0.2) is 10.1 Å². The second-order valence-corrected chi connectivity index (χ2v) is 3.45. The molecule has 2 nitrogen and oxygen atoms in total. The predicted molar refractivity (Wildman–Crippen MR) is 53.9 cm³/mol. The van der Waals surface area contributed by atoms with E-state index in [0.717, 1.165) is 16.5 Å². The number of aromatic nitrogens is 1. The second-order valence-electron chi connectivity index (χ2n) is 3.07. The zero-order valence-corrected chi connectivity index (χ0v) is 7.97. The minimum atomic E-state index is -0.538.